The minimum Gasteiger partial charge on any atom is -0.370 e. The summed E-state index contributed by atoms with van der Waals surface area (Å²) in [6, 6.07) is 6.15. The van der Waals surface area contributed by atoms with Crippen LogP contribution in [0.3, 0.4) is 0 Å². The highest BCUT2D eigenvalue weighted by molar-refractivity contribution is 5.93. The second kappa shape index (κ2) is 5.81. The molecule has 20 heavy (non-hydrogen) atoms. The van der Waals surface area contributed by atoms with Crippen molar-refractivity contribution in [1.29, 1.82) is 0 Å². The average molecular weight is 273 g/mol. The minimum atomic E-state index is 0.111. The number of amides is 1. The van der Waals surface area contributed by atoms with Crippen LogP contribution in [0.4, 0.5) is 5.82 Å². The van der Waals surface area contributed by atoms with Crippen LogP contribution in [0.1, 0.15) is 49.5 Å². The van der Waals surface area contributed by atoms with Gasteiger partial charge in [0.15, 0.2) is 0 Å². The Balaban J connectivity index is 1.70. The molecule has 2 aliphatic rings. The van der Waals surface area contributed by atoms with Crippen LogP contribution < -0.4 is 5.32 Å². The average Bonchev–Trinajstić information content (AvgIpc) is 3.35. The molecule has 0 aliphatic heterocycles. The number of pyridine rings is 1. The van der Waals surface area contributed by atoms with Gasteiger partial charge in [0.05, 0.1) is 0 Å². The number of aromatic nitrogens is 1. The van der Waals surface area contributed by atoms with E-state index in [0.29, 0.717) is 11.7 Å². The van der Waals surface area contributed by atoms with Gasteiger partial charge in [-0.3, -0.25) is 4.79 Å². The molecule has 2 fully saturated rings. The third kappa shape index (κ3) is 3.30. The van der Waals surface area contributed by atoms with E-state index in [0.717, 1.165) is 44.1 Å². The molecule has 3 rings (SSSR count). The fourth-order valence-corrected chi connectivity index (χ4v) is 2.42. The molecular weight excluding hydrogens is 250 g/mol. The largest absolute Gasteiger partial charge is 0.370 e. The fourth-order valence-electron chi connectivity index (χ4n) is 2.42. The molecule has 1 amide bonds. The van der Waals surface area contributed by atoms with Crippen molar-refractivity contribution in [2.75, 3.05) is 18.4 Å². The summed E-state index contributed by atoms with van der Waals surface area (Å²) in [5, 5.41) is 3.24. The Kier molecular flexibility index (Phi) is 3.90. The van der Waals surface area contributed by atoms with Crippen LogP contribution in [0, 0.1) is 5.92 Å². The van der Waals surface area contributed by atoms with Gasteiger partial charge in [-0.15, -0.1) is 0 Å². The van der Waals surface area contributed by atoms with Crippen molar-refractivity contribution >= 4 is 11.7 Å². The zero-order valence-electron chi connectivity index (χ0n) is 12.1. The summed E-state index contributed by atoms with van der Waals surface area (Å²) < 4.78 is 0. The zero-order chi connectivity index (χ0) is 13.9. The molecule has 108 valence electrons. The van der Waals surface area contributed by atoms with Crippen LogP contribution in [-0.4, -0.2) is 34.9 Å². The summed E-state index contributed by atoms with van der Waals surface area (Å²) in [5.41, 5.74) is 0.582. The molecule has 4 nitrogen and oxygen atoms in total. The molecule has 4 heteroatoms. The SMILES string of the molecule is CCCNc1cccc(C(=O)N(CC2CC2)C2CC2)n1. The molecule has 0 atom stereocenters. The van der Waals surface area contributed by atoms with Gasteiger partial charge < -0.3 is 10.2 Å². The van der Waals surface area contributed by atoms with E-state index in [1.54, 1.807) is 0 Å². The van der Waals surface area contributed by atoms with Crippen molar-refractivity contribution in [2.24, 2.45) is 5.92 Å². The Hall–Kier alpha value is -1.58. The molecule has 2 aliphatic carbocycles. The molecule has 0 unspecified atom stereocenters. The summed E-state index contributed by atoms with van der Waals surface area (Å²) >= 11 is 0. The molecule has 2 saturated carbocycles. The van der Waals surface area contributed by atoms with Crippen molar-refractivity contribution < 1.29 is 4.79 Å². The lowest BCUT2D eigenvalue weighted by molar-refractivity contribution is 0.0729. The minimum absolute atomic E-state index is 0.111. The fraction of sp³-hybridized carbons (Fsp3) is 0.625. The van der Waals surface area contributed by atoms with E-state index in [4.69, 9.17) is 0 Å². The molecule has 0 aromatic carbocycles. The molecule has 0 saturated heterocycles. The molecule has 1 aromatic rings. The van der Waals surface area contributed by atoms with Gasteiger partial charge in [0, 0.05) is 19.1 Å². The smallest absolute Gasteiger partial charge is 0.272 e. The molecule has 1 heterocycles. The zero-order valence-corrected chi connectivity index (χ0v) is 12.1. The second-order valence-corrected chi connectivity index (χ2v) is 5.97. The third-order valence-electron chi connectivity index (χ3n) is 3.92. The highest BCUT2D eigenvalue weighted by Crippen LogP contribution is 2.35. The number of nitrogens with zero attached hydrogens (tertiary/aromatic N) is 2. The van der Waals surface area contributed by atoms with E-state index in [9.17, 15) is 4.79 Å². The lowest BCUT2D eigenvalue weighted by Gasteiger charge is -2.22. The van der Waals surface area contributed by atoms with Gasteiger partial charge in [-0.05, 0) is 50.2 Å². The van der Waals surface area contributed by atoms with Gasteiger partial charge in [0.2, 0.25) is 0 Å². The third-order valence-corrected chi connectivity index (χ3v) is 3.92. The summed E-state index contributed by atoms with van der Waals surface area (Å²) in [6.07, 6.45) is 5.93. The summed E-state index contributed by atoms with van der Waals surface area (Å²) in [7, 11) is 0. The standard InChI is InChI=1S/C16H23N3O/c1-2-10-17-15-5-3-4-14(18-15)16(20)19(13-8-9-13)11-12-6-7-12/h3-5,12-13H,2,6-11H2,1H3,(H,17,18). The van der Waals surface area contributed by atoms with Gasteiger partial charge in [-0.1, -0.05) is 13.0 Å². The van der Waals surface area contributed by atoms with Crippen LogP contribution in [0.2, 0.25) is 0 Å². The quantitative estimate of drug-likeness (QED) is 0.831. The number of nitrogens with one attached hydrogen (secondary N) is 1. The maximum Gasteiger partial charge on any atom is 0.272 e. The summed E-state index contributed by atoms with van der Waals surface area (Å²) in [4.78, 5) is 19.2. The molecule has 1 N–H and O–H groups in total. The molecular formula is C16H23N3O. The first-order chi connectivity index (χ1) is 9.78. The predicted octanol–water partition coefficient (Wildman–Crippen LogP) is 2.92. The highest BCUT2D eigenvalue weighted by Gasteiger charge is 2.37. The number of carbonyl (C=O) groups excluding carboxylic acids is 1. The van der Waals surface area contributed by atoms with Gasteiger partial charge in [0.25, 0.3) is 5.91 Å². The normalized spacial score (nSPS) is 17.9. The van der Waals surface area contributed by atoms with Crippen molar-refractivity contribution in [2.45, 2.75) is 45.1 Å². The van der Waals surface area contributed by atoms with E-state index in [1.807, 2.05) is 18.2 Å². The number of carbonyl (C=O) groups is 1. The lowest BCUT2D eigenvalue weighted by Crippen LogP contribution is -2.35. The molecule has 0 spiro atoms. The van der Waals surface area contributed by atoms with Crippen molar-refractivity contribution in [1.82, 2.24) is 9.88 Å². The Morgan fingerprint density at radius 1 is 1.35 bits per heavy atom. The summed E-state index contributed by atoms with van der Waals surface area (Å²) in [6.45, 7) is 3.93. The predicted molar refractivity (Wildman–Crippen MR) is 79.8 cm³/mol. The van der Waals surface area contributed by atoms with E-state index >= 15 is 0 Å². The highest BCUT2D eigenvalue weighted by atomic mass is 16.2. The summed E-state index contributed by atoms with van der Waals surface area (Å²) in [5.74, 6) is 1.65. The number of hydrogen-bond acceptors (Lipinski definition) is 3. The molecule has 0 bridgehead atoms. The first-order valence-electron chi connectivity index (χ1n) is 7.80. The van der Waals surface area contributed by atoms with Crippen molar-refractivity contribution in [3.63, 3.8) is 0 Å². The second-order valence-electron chi connectivity index (χ2n) is 5.97. The first kappa shape index (κ1) is 13.4. The van der Waals surface area contributed by atoms with Crippen molar-refractivity contribution in [3.8, 4) is 0 Å². The van der Waals surface area contributed by atoms with Crippen LogP contribution >= 0.6 is 0 Å². The first-order valence-corrected chi connectivity index (χ1v) is 7.80. The Bertz CT molecular complexity index is 480. The van der Waals surface area contributed by atoms with Crippen LogP contribution in [0.15, 0.2) is 18.2 Å². The van der Waals surface area contributed by atoms with Crippen LogP contribution in [0.25, 0.3) is 0 Å². The lowest BCUT2D eigenvalue weighted by atomic mass is 10.2. The van der Waals surface area contributed by atoms with E-state index in [1.165, 1.54) is 12.8 Å². The van der Waals surface area contributed by atoms with Crippen molar-refractivity contribution in [3.05, 3.63) is 23.9 Å². The number of hydrogen-bond donors (Lipinski definition) is 1. The van der Waals surface area contributed by atoms with Gasteiger partial charge in [0.1, 0.15) is 11.5 Å². The van der Waals surface area contributed by atoms with Crippen LogP contribution in [0.5, 0.6) is 0 Å². The number of rotatable bonds is 7. The number of anilines is 1. The van der Waals surface area contributed by atoms with E-state index in [-0.39, 0.29) is 5.91 Å². The van der Waals surface area contributed by atoms with E-state index < -0.39 is 0 Å². The molecule has 0 radical (unpaired) electrons. The topological polar surface area (TPSA) is 45.2 Å². The van der Waals surface area contributed by atoms with Gasteiger partial charge in [-0.2, -0.15) is 0 Å². The Labute approximate surface area is 120 Å². The molecule has 1 aromatic heterocycles. The maximum atomic E-state index is 12.7. The maximum absolute atomic E-state index is 12.7. The Morgan fingerprint density at radius 3 is 2.80 bits per heavy atom. The van der Waals surface area contributed by atoms with E-state index in [2.05, 4.69) is 22.1 Å². The van der Waals surface area contributed by atoms with Gasteiger partial charge in [-0.25, -0.2) is 4.98 Å². The van der Waals surface area contributed by atoms with Gasteiger partial charge >= 0.3 is 0 Å². The van der Waals surface area contributed by atoms with Crippen LogP contribution in [-0.2, 0) is 0 Å². The Morgan fingerprint density at radius 2 is 2.15 bits per heavy atom. The monoisotopic (exact) mass is 273 g/mol.